The van der Waals surface area contributed by atoms with Crippen LogP contribution in [0.15, 0.2) is 4.99 Å². The van der Waals surface area contributed by atoms with E-state index in [1.807, 2.05) is 14.0 Å². The van der Waals surface area contributed by atoms with Crippen LogP contribution in [0.4, 0.5) is 0 Å². The number of guanidine groups is 1. The van der Waals surface area contributed by atoms with Crippen molar-refractivity contribution in [3.63, 3.8) is 0 Å². The van der Waals surface area contributed by atoms with Gasteiger partial charge in [-0.15, -0.1) is 0 Å². The van der Waals surface area contributed by atoms with Crippen LogP contribution in [0.1, 0.15) is 26.7 Å². The van der Waals surface area contributed by atoms with E-state index in [4.69, 9.17) is 10.6 Å². The van der Waals surface area contributed by atoms with E-state index in [1.165, 1.54) is 19.4 Å². The van der Waals surface area contributed by atoms with E-state index in [1.54, 1.807) is 7.11 Å². The third-order valence-corrected chi connectivity index (χ3v) is 3.63. The van der Waals surface area contributed by atoms with Gasteiger partial charge in [-0.1, -0.05) is 6.92 Å². The van der Waals surface area contributed by atoms with E-state index in [-0.39, 0.29) is 6.04 Å². The molecule has 0 aromatic carbocycles. The number of likely N-dealkylation sites (N-methyl/N-ethyl adjacent to an activating group) is 2. The lowest BCUT2D eigenvalue weighted by molar-refractivity contribution is 0.184. The van der Waals surface area contributed by atoms with Crippen molar-refractivity contribution in [3.8, 4) is 0 Å². The van der Waals surface area contributed by atoms with Crippen LogP contribution in [-0.4, -0.2) is 68.2 Å². The highest BCUT2D eigenvalue weighted by Crippen LogP contribution is 2.17. The van der Waals surface area contributed by atoms with Crippen molar-refractivity contribution in [2.45, 2.75) is 38.8 Å². The van der Waals surface area contributed by atoms with Gasteiger partial charge in [-0.05, 0) is 32.9 Å². The Hall–Kier alpha value is -0.850. The van der Waals surface area contributed by atoms with E-state index in [0.29, 0.717) is 12.6 Å². The topological polar surface area (TPSA) is 66.1 Å². The van der Waals surface area contributed by atoms with Gasteiger partial charge < -0.3 is 9.64 Å². The largest absolute Gasteiger partial charge is 0.382 e. The van der Waals surface area contributed by atoms with E-state index in [0.717, 1.165) is 19.0 Å². The molecule has 1 rings (SSSR count). The van der Waals surface area contributed by atoms with E-state index >= 15 is 0 Å². The summed E-state index contributed by atoms with van der Waals surface area (Å²) in [5.41, 5.74) is 2.70. The van der Waals surface area contributed by atoms with E-state index in [9.17, 15) is 0 Å². The third-order valence-electron chi connectivity index (χ3n) is 3.63. The fourth-order valence-corrected chi connectivity index (χ4v) is 2.65. The summed E-state index contributed by atoms with van der Waals surface area (Å²) in [5, 5.41) is 0. The zero-order valence-corrected chi connectivity index (χ0v) is 12.7. The highest BCUT2D eigenvalue weighted by Gasteiger charge is 2.24. The van der Waals surface area contributed by atoms with Gasteiger partial charge in [0.25, 0.3) is 0 Å². The Morgan fingerprint density at radius 3 is 2.95 bits per heavy atom. The Morgan fingerprint density at radius 2 is 2.37 bits per heavy atom. The fourth-order valence-electron chi connectivity index (χ4n) is 2.65. The van der Waals surface area contributed by atoms with Gasteiger partial charge >= 0.3 is 0 Å². The van der Waals surface area contributed by atoms with Crippen molar-refractivity contribution < 1.29 is 4.74 Å². The summed E-state index contributed by atoms with van der Waals surface area (Å²) in [7, 11) is 3.72. The molecule has 0 amide bonds. The summed E-state index contributed by atoms with van der Waals surface area (Å²) >= 11 is 0. The maximum atomic E-state index is 5.58. The molecule has 1 heterocycles. The maximum Gasteiger partial charge on any atom is 0.208 e. The molecule has 0 spiro atoms. The molecule has 6 heteroatoms. The lowest BCUT2D eigenvalue weighted by Gasteiger charge is -2.29. The van der Waals surface area contributed by atoms with Gasteiger partial charge in [0.2, 0.25) is 5.96 Å². The number of nitrogens with one attached hydrogen (secondary N) is 1. The molecule has 0 radical (unpaired) electrons. The van der Waals surface area contributed by atoms with Crippen molar-refractivity contribution in [1.29, 1.82) is 0 Å². The van der Waals surface area contributed by atoms with Crippen LogP contribution in [0, 0.1) is 0 Å². The van der Waals surface area contributed by atoms with Crippen LogP contribution >= 0.6 is 0 Å². The van der Waals surface area contributed by atoms with Crippen LogP contribution in [0.5, 0.6) is 0 Å². The molecule has 1 aliphatic rings. The van der Waals surface area contributed by atoms with Gasteiger partial charge in [-0.25, -0.2) is 10.8 Å². The second-order valence-corrected chi connectivity index (χ2v) is 5.21. The molecule has 2 unspecified atom stereocenters. The second kappa shape index (κ2) is 8.35. The van der Waals surface area contributed by atoms with Crippen molar-refractivity contribution in [3.05, 3.63) is 0 Å². The molecular formula is C13H29N5O. The molecule has 0 aromatic rings. The van der Waals surface area contributed by atoms with Gasteiger partial charge in [-0.3, -0.25) is 10.3 Å². The first kappa shape index (κ1) is 16.2. The van der Waals surface area contributed by atoms with Crippen LogP contribution in [0.25, 0.3) is 0 Å². The number of hydrazine groups is 1. The number of likely N-dealkylation sites (tertiary alicyclic amines) is 1. The maximum absolute atomic E-state index is 5.58. The Balaban J connectivity index is 2.55. The van der Waals surface area contributed by atoms with Crippen LogP contribution in [-0.2, 0) is 4.74 Å². The van der Waals surface area contributed by atoms with Gasteiger partial charge in [0, 0.05) is 26.7 Å². The predicted molar refractivity (Wildman–Crippen MR) is 79.0 cm³/mol. The number of hydrogen-bond donors (Lipinski definition) is 2. The molecule has 1 fully saturated rings. The van der Waals surface area contributed by atoms with Crippen LogP contribution in [0.3, 0.4) is 0 Å². The van der Waals surface area contributed by atoms with Crippen molar-refractivity contribution in [1.82, 2.24) is 15.2 Å². The van der Waals surface area contributed by atoms with Gasteiger partial charge in [0.15, 0.2) is 0 Å². The minimum absolute atomic E-state index is 0.101. The summed E-state index contributed by atoms with van der Waals surface area (Å²) in [5.74, 6) is 6.31. The predicted octanol–water partition coefficient (Wildman–Crippen LogP) is 0.257. The zero-order valence-electron chi connectivity index (χ0n) is 12.7. The highest BCUT2D eigenvalue weighted by molar-refractivity contribution is 5.79. The minimum Gasteiger partial charge on any atom is -0.382 e. The molecule has 0 bridgehead atoms. The molecule has 1 aliphatic heterocycles. The van der Waals surface area contributed by atoms with Crippen molar-refractivity contribution >= 4 is 5.96 Å². The molecule has 112 valence electrons. The standard InChI is InChI=1S/C13H29N5O/c1-5-18-8-6-7-12(18)9-17(3)13(16-14)15-11(2)10-19-4/h11-12H,5-10,14H2,1-4H3,(H,15,16). The average molecular weight is 271 g/mol. The van der Waals surface area contributed by atoms with Crippen molar-refractivity contribution in [2.24, 2.45) is 10.8 Å². The Kier molecular flexibility index (Phi) is 7.12. The number of nitrogens with two attached hydrogens (primary N) is 1. The first-order chi connectivity index (χ1) is 9.12. The van der Waals surface area contributed by atoms with Gasteiger partial charge in [-0.2, -0.15) is 0 Å². The quantitative estimate of drug-likeness (QED) is 0.314. The first-order valence-corrected chi connectivity index (χ1v) is 7.10. The molecule has 6 nitrogen and oxygen atoms in total. The zero-order chi connectivity index (χ0) is 14.3. The van der Waals surface area contributed by atoms with E-state index < -0.39 is 0 Å². The highest BCUT2D eigenvalue weighted by atomic mass is 16.5. The van der Waals surface area contributed by atoms with Crippen molar-refractivity contribution in [2.75, 3.05) is 40.4 Å². The van der Waals surface area contributed by atoms with Gasteiger partial charge in [0.1, 0.15) is 0 Å². The lowest BCUT2D eigenvalue weighted by Crippen LogP contribution is -2.48. The number of rotatable bonds is 6. The molecule has 1 saturated heterocycles. The second-order valence-electron chi connectivity index (χ2n) is 5.21. The summed E-state index contributed by atoms with van der Waals surface area (Å²) in [6.45, 7) is 8.11. The number of nitrogens with zero attached hydrogens (tertiary/aromatic N) is 3. The average Bonchev–Trinajstić information content (AvgIpc) is 2.83. The molecule has 0 saturated carbocycles. The van der Waals surface area contributed by atoms with Crippen LogP contribution < -0.4 is 11.3 Å². The summed E-state index contributed by atoms with van der Waals surface area (Å²) in [4.78, 5) is 9.16. The first-order valence-electron chi connectivity index (χ1n) is 7.10. The fraction of sp³-hybridized carbons (Fsp3) is 0.923. The number of hydrogen-bond acceptors (Lipinski definition) is 4. The summed E-state index contributed by atoms with van der Waals surface area (Å²) < 4.78 is 5.09. The SMILES string of the molecule is CCN1CCCC1CN(C)C(=NC(C)COC)NN. The Morgan fingerprint density at radius 1 is 1.63 bits per heavy atom. The number of aliphatic imine (C=N–C) groups is 1. The number of methoxy groups -OCH3 is 1. The molecule has 0 aromatic heterocycles. The summed E-state index contributed by atoms with van der Waals surface area (Å²) in [6.07, 6.45) is 2.54. The minimum atomic E-state index is 0.101. The molecule has 0 aliphatic carbocycles. The molecule has 19 heavy (non-hydrogen) atoms. The molecular weight excluding hydrogens is 242 g/mol. The smallest absolute Gasteiger partial charge is 0.208 e. The van der Waals surface area contributed by atoms with Gasteiger partial charge in [0.05, 0.1) is 12.6 Å². The Bertz CT molecular complexity index is 284. The lowest BCUT2D eigenvalue weighted by atomic mass is 10.2. The monoisotopic (exact) mass is 271 g/mol. The third kappa shape index (κ3) is 4.97. The molecule has 3 N–H and O–H groups in total. The normalized spacial score (nSPS) is 22.6. The number of ether oxygens (including phenoxy) is 1. The molecule has 2 atom stereocenters. The summed E-state index contributed by atoms with van der Waals surface area (Å²) in [6, 6.07) is 0.704. The Labute approximate surface area is 117 Å². The van der Waals surface area contributed by atoms with Crippen LogP contribution in [0.2, 0.25) is 0 Å². The van der Waals surface area contributed by atoms with E-state index in [2.05, 4.69) is 27.1 Å².